The molecule has 0 amide bonds. The van der Waals surface area contributed by atoms with Crippen molar-refractivity contribution in [2.24, 2.45) is 17.3 Å². The monoisotopic (exact) mass is 218 g/mol. The summed E-state index contributed by atoms with van der Waals surface area (Å²) in [6.07, 6.45) is -2.13. The Labute approximate surface area is 90.9 Å². The maximum absolute atomic E-state index is 10.1. The van der Waals surface area contributed by atoms with E-state index in [-0.39, 0.29) is 23.9 Å². The molecule has 4 heteroatoms. The molecule has 0 aromatic heterocycles. The molecule has 1 rings (SSSR count). The minimum atomic E-state index is -1.01. The summed E-state index contributed by atoms with van der Waals surface area (Å²) in [7, 11) is 0. The molecule has 0 bridgehead atoms. The number of aliphatic hydroxyl groups excluding tert-OH is 3. The number of rotatable bonds is 1. The van der Waals surface area contributed by atoms with Gasteiger partial charge in [0.1, 0.15) is 0 Å². The first-order chi connectivity index (χ1) is 6.79. The average Bonchev–Trinajstić information content (AvgIpc) is 2.09. The van der Waals surface area contributed by atoms with Crippen molar-refractivity contribution in [3.63, 3.8) is 0 Å². The molecule has 15 heavy (non-hydrogen) atoms. The summed E-state index contributed by atoms with van der Waals surface area (Å²) in [6, 6.07) is 0. The van der Waals surface area contributed by atoms with Gasteiger partial charge < -0.3 is 20.1 Å². The van der Waals surface area contributed by atoms with Gasteiger partial charge >= 0.3 is 0 Å². The Balaban J connectivity index is 2.84. The second-order valence-electron chi connectivity index (χ2n) is 5.49. The molecule has 0 radical (unpaired) electrons. The third-order valence-electron chi connectivity index (χ3n) is 3.29. The second-order valence-corrected chi connectivity index (χ2v) is 5.49. The zero-order valence-corrected chi connectivity index (χ0v) is 9.84. The minimum absolute atomic E-state index is 0.164. The van der Waals surface area contributed by atoms with Gasteiger partial charge in [-0.15, -0.1) is 0 Å². The van der Waals surface area contributed by atoms with E-state index < -0.39 is 18.5 Å². The van der Waals surface area contributed by atoms with E-state index >= 15 is 0 Å². The van der Waals surface area contributed by atoms with Crippen molar-refractivity contribution in [2.75, 3.05) is 6.61 Å². The number of hydrogen-bond donors (Lipinski definition) is 3. The quantitative estimate of drug-likeness (QED) is 0.594. The van der Waals surface area contributed by atoms with Crippen LogP contribution < -0.4 is 0 Å². The molecular formula is C11H22O4. The van der Waals surface area contributed by atoms with Gasteiger partial charge in [0.15, 0.2) is 6.29 Å². The van der Waals surface area contributed by atoms with E-state index in [0.29, 0.717) is 0 Å². The summed E-state index contributed by atoms with van der Waals surface area (Å²) in [5.74, 6) is -0.488. The molecule has 0 aromatic carbocycles. The fourth-order valence-electron chi connectivity index (χ4n) is 2.25. The highest BCUT2D eigenvalue weighted by Gasteiger charge is 2.46. The van der Waals surface area contributed by atoms with Gasteiger partial charge in [-0.1, -0.05) is 27.7 Å². The SMILES string of the molecule is C[C@H]1C(CO)O[C@H](O)[C@H](C(C)(C)C)C1O. The summed E-state index contributed by atoms with van der Waals surface area (Å²) in [6.45, 7) is 7.53. The van der Waals surface area contributed by atoms with Gasteiger partial charge in [0.2, 0.25) is 0 Å². The lowest BCUT2D eigenvalue weighted by molar-refractivity contribution is -0.270. The molecule has 3 N–H and O–H groups in total. The Morgan fingerprint density at radius 2 is 1.73 bits per heavy atom. The van der Waals surface area contributed by atoms with Crippen molar-refractivity contribution < 1.29 is 20.1 Å². The molecule has 1 fully saturated rings. The predicted molar refractivity (Wildman–Crippen MR) is 56.1 cm³/mol. The van der Waals surface area contributed by atoms with Crippen LogP contribution in [0.2, 0.25) is 0 Å². The van der Waals surface area contributed by atoms with Crippen molar-refractivity contribution in [1.82, 2.24) is 0 Å². The fourth-order valence-corrected chi connectivity index (χ4v) is 2.25. The van der Waals surface area contributed by atoms with E-state index in [0.717, 1.165) is 0 Å². The molecule has 90 valence electrons. The smallest absolute Gasteiger partial charge is 0.160 e. The average molecular weight is 218 g/mol. The summed E-state index contributed by atoms with van der Waals surface area (Å²) in [5, 5.41) is 28.9. The molecule has 5 atom stereocenters. The normalized spacial score (nSPS) is 43.0. The summed E-state index contributed by atoms with van der Waals surface area (Å²) >= 11 is 0. The first-order valence-electron chi connectivity index (χ1n) is 5.41. The second kappa shape index (κ2) is 4.37. The predicted octanol–water partition coefficient (Wildman–Crippen LogP) is 0.355. The van der Waals surface area contributed by atoms with Crippen molar-refractivity contribution in [3.8, 4) is 0 Å². The highest BCUT2D eigenvalue weighted by Crippen LogP contribution is 2.39. The molecule has 0 saturated carbocycles. The molecule has 1 aliphatic rings. The molecule has 1 heterocycles. The Morgan fingerprint density at radius 1 is 1.20 bits per heavy atom. The first kappa shape index (κ1) is 12.9. The first-order valence-corrected chi connectivity index (χ1v) is 5.41. The zero-order chi connectivity index (χ0) is 11.8. The van der Waals surface area contributed by atoms with Crippen LogP contribution in [0, 0.1) is 17.3 Å². The van der Waals surface area contributed by atoms with E-state index in [1.54, 1.807) is 0 Å². The Bertz CT molecular complexity index is 211. The molecule has 1 aliphatic heterocycles. The van der Waals surface area contributed by atoms with Crippen molar-refractivity contribution >= 4 is 0 Å². The van der Waals surface area contributed by atoms with E-state index in [4.69, 9.17) is 9.84 Å². The lowest BCUT2D eigenvalue weighted by Crippen LogP contribution is -2.55. The highest BCUT2D eigenvalue weighted by molar-refractivity contribution is 4.91. The summed E-state index contributed by atoms with van der Waals surface area (Å²) in [4.78, 5) is 0. The van der Waals surface area contributed by atoms with Gasteiger partial charge in [-0.05, 0) is 5.41 Å². The van der Waals surface area contributed by atoms with Crippen molar-refractivity contribution in [3.05, 3.63) is 0 Å². The Hall–Kier alpha value is -0.160. The largest absolute Gasteiger partial charge is 0.394 e. The molecule has 0 aromatic rings. The third-order valence-corrected chi connectivity index (χ3v) is 3.29. The van der Waals surface area contributed by atoms with E-state index in [9.17, 15) is 10.2 Å². The number of hydrogen-bond acceptors (Lipinski definition) is 4. The lowest BCUT2D eigenvalue weighted by atomic mass is 9.71. The molecule has 1 saturated heterocycles. The van der Waals surface area contributed by atoms with E-state index in [1.165, 1.54) is 0 Å². The van der Waals surface area contributed by atoms with Gasteiger partial charge in [-0.25, -0.2) is 0 Å². The van der Waals surface area contributed by atoms with Crippen molar-refractivity contribution in [1.29, 1.82) is 0 Å². The van der Waals surface area contributed by atoms with Gasteiger partial charge in [0.25, 0.3) is 0 Å². The van der Waals surface area contributed by atoms with Gasteiger partial charge in [-0.2, -0.15) is 0 Å². The highest BCUT2D eigenvalue weighted by atomic mass is 16.6. The van der Waals surface area contributed by atoms with Crippen LogP contribution >= 0.6 is 0 Å². The van der Waals surface area contributed by atoms with Crippen LogP contribution in [0.1, 0.15) is 27.7 Å². The van der Waals surface area contributed by atoms with Gasteiger partial charge in [-0.3, -0.25) is 0 Å². The van der Waals surface area contributed by atoms with Crippen LogP contribution in [-0.2, 0) is 4.74 Å². The Kier molecular flexibility index (Phi) is 3.76. The number of ether oxygens (including phenoxy) is 1. The van der Waals surface area contributed by atoms with Crippen LogP contribution in [-0.4, -0.2) is 40.4 Å². The van der Waals surface area contributed by atoms with Gasteiger partial charge in [0, 0.05) is 11.8 Å². The molecule has 4 nitrogen and oxygen atoms in total. The number of aliphatic hydroxyl groups is 3. The third kappa shape index (κ3) is 2.50. The fraction of sp³-hybridized carbons (Fsp3) is 1.00. The molecule has 0 aliphatic carbocycles. The van der Waals surface area contributed by atoms with Gasteiger partial charge in [0.05, 0.1) is 18.8 Å². The topological polar surface area (TPSA) is 69.9 Å². The summed E-state index contributed by atoms with van der Waals surface area (Å²) < 4.78 is 5.30. The maximum atomic E-state index is 10.1. The van der Waals surface area contributed by atoms with Crippen LogP contribution in [0.4, 0.5) is 0 Å². The Morgan fingerprint density at radius 3 is 2.13 bits per heavy atom. The van der Waals surface area contributed by atoms with E-state index in [1.807, 2.05) is 27.7 Å². The minimum Gasteiger partial charge on any atom is -0.394 e. The maximum Gasteiger partial charge on any atom is 0.160 e. The molecule has 0 spiro atoms. The zero-order valence-electron chi connectivity index (χ0n) is 9.84. The van der Waals surface area contributed by atoms with Crippen LogP contribution in [0.3, 0.4) is 0 Å². The lowest BCUT2D eigenvalue weighted by Gasteiger charge is -2.46. The van der Waals surface area contributed by atoms with Crippen LogP contribution in [0.15, 0.2) is 0 Å². The standard InChI is InChI=1S/C11H22O4/c1-6-7(5-12)15-10(14)8(9(6)13)11(2,3)4/h6-10,12-14H,5H2,1-4H3/t6-,7?,8+,9?,10-/m0/s1. The summed E-state index contributed by atoms with van der Waals surface area (Å²) in [5.41, 5.74) is -0.229. The van der Waals surface area contributed by atoms with Crippen LogP contribution in [0.5, 0.6) is 0 Å². The van der Waals surface area contributed by atoms with E-state index in [2.05, 4.69) is 0 Å². The molecule has 2 unspecified atom stereocenters. The molecular weight excluding hydrogens is 196 g/mol. The van der Waals surface area contributed by atoms with Crippen molar-refractivity contribution in [2.45, 2.75) is 46.2 Å². The van der Waals surface area contributed by atoms with Crippen LogP contribution in [0.25, 0.3) is 0 Å².